The molecule has 1 N–H and O–H groups in total. The third kappa shape index (κ3) is 6.76. The number of carbonyl (C=O) groups is 2. The zero-order valence-electron chi connectivity index (χ0n) is 19.2. The molecule has 2 aromatic rings. The van der Waals surface area contributed by atoms with Crippen LogP contribution in [-0.2, 0) is 48.8 Å². The zero-order valence-corrected chi connectivity index (χ0v) is 21.3. The van der Waals surface area contributed by atoms with Crippen molar-refractivity contribution in [3.05, 3.63) is 64.2 Å². The molecule has 1 saturated heterocycles. The topological polar surface area (TPSA) is 82.1 Å². The first-order chi connectivity index (χ1) is 15.2. The summed E-state index contributed by atoms with van der Waals surface area (Å²) in [6.45, 7) is 6.62. The van der Waals surface area contributed by atoms with Gasteiger partial charge in [-0.05, 0) is 47.7 Å². The number of hydrogen-bond acceptors (Lipinski definition) is 6. The normalized spacial score (nSPS) is 24.5. The van der Waals surface area contributed by atoms with Gasteiger partial charge in [0.05, 0.1) is 6.10 Å². The van der Waals surface area contributed by atoms with Crippen molar-refractivity contribution in [2.75, 3.05) is 0 Å². The van der Waals surface area contributed by atoms with E-state index < -0.39 is 30.3 Å². The van der Waals surface area contributed by atoms with Crippen molar-refractivity contribution in [3.8, 4) is 5.75 Å². The predicted molar refractivity (Wildman–Crippen MR) is 121 cm³/mol. The molecule has 0 spiro atoms. The fraction of sp³-hybridized carbons (Fsp3) is 0.440. The van der Waals surface area contributed by atoms with Crippen LogP contribution in [0.25, 0.3) is 0 Å². The van der Waals surface area contributed by atoms with Crippen LogP contribution < -0.4 is 0 Å². The molecule has 0 unspecified atom stereocenters. The minimum absolute atomic E-state index is 0. The van der Waals surface area contributed by atoms with Crippen LogP contribution in [0, 0.1) is 5.92 Å². The SMILES string of the molecule is CC[C@H]1O[C@@H](c2ccc(Cl)c(Cc3ccc(O)cc3)c2)[C@H](OC(C)=O)[C@@H](OC(C)=O)[C@@H]1C.[V]. The minimum atomic E-state index is -0.781. The van der Waals surface area contributed by atoms with E-state index in [1.54, 1.807) is 18.2 Å². The summed E-state index contributed by atoms with van der Waals surface area (Å²) in [4.78, 5) is 23.7. The quantitative estimate of drug-likeness (QED) is 0.551. The van der Waals surface area contributed by atoms with E-state index in [1.807, 2.05) is 38.1 Å². The van der Waals surface area contributed by atoms with Crippen LogP contribution >= 0.6 is 11.6 Å². The van der Waals surface area contributed by atoms with Crippen molar-refractivity contribution in [1.82, 2.24) is 0 Å². The van der Waals surface area contributed by atoms with Gasteiger partial charge in [0.2, 0.25) is 0 Å². The van der Waals surface area contributed by atoms with E-state index in [0.717, 1.165) is 23.1 Å². The van der Waals surface area contributed by atoms with E-state index in [0.29, 0.717) is 11.4 Å². The molecule has 1 aliphatic rings. The number of halogens is 1. The molecule has 8 heteroatoms. The summed E-state index contributed by atoms with van der Waals surface area (Å²) in [7, 11) is 0. The van der Waals surface area contributed by atoms with Gasteiger partial charge >= 0.3 is 11.9 Å². The Kier molecular flexibility index (Phi) is 9.86. The number of phenols is 1. The van der Waals surface area contributed by atoms with Crippen LogP contribution in [0.5, 0.6) is 5.75 Å². The summed E-state index contributed by atoms with van der Waals surface area (Å²) in [5, 5.41) is 10.1. The summed E-state index contributed by atoms with van der Waals surface area (Å²) in [6, 6.07) is 12.5. The first kappa shape index (κ1) is 27.3. The molecular formula is C25H29ClO6V. The Balaban J connectivity index is 0.00000385. The second-order valence-corrected chi connectivity index (χ2v) is 8.61. The van der Waals surface area contributed by atoms with Gasteiger partial charge in [-0.1, -0.05) is 49.7 Å². The first-order valence-electron chi connectivity index (χ1n) is 10.8. The number of rotatable bonds is 6. The Labute approximate surface area is 211 Å². The molecular weight excluding hydrogens is 483 g/mol. The van der Waals surface area contributed by atoms with Gasteiger partial charge in [0.15, 0.2) is 6.10 Å². The molecule has 5 atom stereocenters. The summed E-state index contributed by atoms with van der Waals surface area (Å²) in [5.74, 6) is -0.849. The molecule has 0 bridgehead atoms. The van der Waals surface area contributed by atoms with Gasteiger partial charge in [0, 0.05) is 43.3 Å². The number of ether oxygens (including phenoxy) is 3. The fourth-order valence-corrected chi connectivity index (χ4v) is 4.42. The van der Waals surface area contributed by atoms with Crippen molar-refractivity contribution in [3.63, 3.8) is 0 Å². The molecule has 2 aromatic carbocycles. The standard InChI is InChI=1S/C25H29ClO6.V/c1-5-22-14(2)23(30-15(3)27)25(31-16(4)28)24(32-22)18-8-11-21(26)19(13-18)12-17-6-9-20(29)10-7-17;/h6-11,13-14,22-25,29H,5,12H2,1-4H3;/t14-,22-,23+,24+,25-;/m1./s1. The van der Waals surface area contributed by atoms with Crippen molar-refractivity contribution < 1.29 is 47.5 Å². The summed E-state index contributed by atoms with van der Waals surface area (Å²) < 4.78 is 17.6. The predicted octanol–water partition coefficient (Wildman–Crippen LogP) is 4.98. The molecule has 0 aromatic heterocycles. The molecule has 0 amide bonds. The Morgan fingerprint density at radius 3 is 2.21 bits per heavy atom. The zero-order chi connectivity index (χ0) is 23.4. The van der Waals surface area contributed by atoms with Gasteiger partial charge in [0.25, 0.3) is 0 Å². The fourth-order valence-electron chi connectivity index (χ4n) is 4.24. The maximum Gasteiger partial charge on any atom is 0.303 e. The van der Waals surface area contributed by atoms with Crippen molar-refractivity contribution in [2.24, 2.45) is 5.92 Å². The van der Waals surface area contributed by atoms with Gasteiger partial charge in [-0.2, -0.15) is 0 Å². The molecule has 177 valence electrons. The van der Waals surface area contributed by atoms with Crippen LogP contribution in [0.2, 0.25) is 5.02 Å². The van der Waals surface area contributed by atoms with E-state index in [-0.39, 0.29) is 36.3 Å². The summed E-state index contributed by atoms with van der Waals surface area (Å²) in [6.07, 6.45) is -0.921. The van der Waals surface area contributed by atoms with Crippen molar-refractivity contribution >= 4 is 23.5 Å². The molecule has 1 fully saturated rings. The Morgan fingerprint density at radius 1 is 1.03 bits per heavy atom. The monoisotopic (exact) mass is 511 g/mol. The number of phenolic OH excluding ortho intramolecular Hbond substituents is 1. The van der Waals surface area contributed by atoms with E-state index in [2.05, 4.69) is 0 Å². The van der Waals surface area contributed by atoms with Crippen LogP contribution in [-0.4, -0.2) is 35.4 Å². The first-order valence-corrected chi connectivity index (χ1v) is 11.1. The second kappa shape index (κ2) is 11.9. The maximum absolute atomic E-state index is 11.9. The van der Waals surface area contributed by atoms with Crippen LogP contribution in [0.3, 0.4) is 0 Å². The van der Waals surface area contributed by atoms with E-state index in [1.165, 1.54) is 13.8 Å². The molecule has 1 heterocycles. The smallest absolute Gasteiger partial charge is 0.303 e. The number of aromatic hydroxyl groups is 1. The van der Waals surface area contributed by atoms with E-state index in [9.17, 15) is 14.7 Å². The van der Waals surface area contributed by atoms with Crippen molar-refractivity contribution in [2.45, 2.75) is 65.0 Å². The van der Waals surface area contributed by atoms with Crippen LogP contribution in [0.4, 0.5) is 0 Å². The molecule has 0 saturated carbocycles. The number of benzene rings is 2. The van der Waals surface area contributed by atoms with Gasteiger partial charge in [-0.3, -0.25) is 9.59 Å². The van der Waals surface area contributed by atoms with Gasteiger partial charge in [0.1, 0.15) is 18.0 Å². The largest absolute Gasteiger partial charge is 0.508 e. The molecule has 33 heavy (non-hydrogen) atoms. The second-order valence-electron chi connectivity index (χ2n) is 8.20. The Bertz CT molecular complexity index is 964. The van der Waals surface area contributed by atoms with Gasteiger partial charge < -0.3 is 19.3 Å². The molecule has 6 nitrogen and oxygen atoms in total. The van der Waals surface area contributed by atoms with Crippen LogP contribution in [0.15, 0.2) is 42.5 Å². The third-order valence-corrected chi connectivity index (χ3v) is 6.15. The summed E-state index contributed by atoms with van der Waals surface area (Å²) in [5.41, 5.74) is 2.65. The average molecular weight is 512 g/mol. The van der Waals surface area contributed by atoms with E-state index >= 15 is 0 Å². The van der Waals surface area contributed by atoms with Gasteiger partial charge in [-0.15, -0.1) is 0 Å². The number of esters is 2. The Hall–Kier alpha value is -1.99. The van der Waals surface area contributed by atoms with Crippen LogP contribution in [0.1, 0.15) is 56.9 Å². The average Bonchev–Trinajstić information content (AvgIpc) is 2.73. The van der Waals surface area contributed by atoms with Crippen molar-refractivity contribution in [1.29, 1.82) is 0 Å². The Morgan fingerprint density at radius 2 is 1.64 bits per heavy atom. The number of hydrogen-bond donors (Lipinski definition) is 1. The minimum Gasteiger partial charge on any atom is -0.508 e. The number of carbonyl (C=O) groups excluding carboxylic acids is 2. The van der Waals surface area contributed by atoms with Gasteiger partial charge in [-0.25, -0.2) is 0 Å². The molecule has 1 radical (unpaired) electrons. The third-order valence-electron chi connectivity index (χ3n) is 5.78. The summed E-state index contributed by atoms with van der Waals surface area (Å²) >= 11 is 6.47. The molecule has 1 aliphatic heterocycles. The molecule has 3 rings (SSSR count). The molecule has 0 aliphatic carbocycles. The van der Waals surface area contributed by atoms with E-state index in [4.69, 9.17) is 25.8 Å². The maximum atomic E-state index is 11.9.